The molecule has 28 heavy (non-hydrogen) atoms. The van der Waals surface area contributed by atoms with Crippen LogP contribution in [0, 0.1) is 5.92 Å². The first-order valence-electron chi connectivity index (χ1n) is 8.92. The molecule has 1 atom stereocenters. The molecule has 4 amide bonds. The SMILES string of the molecule is CSCC[C@H](NC(=O)c1ccccc1)C(=O)OCC(=O)NC(=O)NCC(C)C. The number of amides is 4. The van der Waals surface area contributed by atoms with E-state index in [-0.39, 0.29) is 5.92 Å². The Balaban J connectivity index is 2.54. The van der Waals surface area contributed by atoms with E-state index in [4.69, 9.17) is 4.74 Å². The fraction of sp³-hybridized carbons (Fsp3) is 0.474. The van der Waals surface area contributed by atoms with Gasteiger partial charge < -0.3 is 15.4 Å². The molecule has 0 aliphatic heterocycles. The number of ether oxygens (including phenoxy) is 1. The van der Waals surface area contributed by atoms with Gasteiger partial charge >= 0.3 is 12.0 Å². The van der Waals surface area contributed by atoms with Gasteiger partial charge in [-0.05, 0) is 36.5 Å². The lowest BCUT2D eigenvalue weighted by molar-refractivity contribution is -0.150. The standard InChI is InChI=1S/C19H27N3O5S/c1-13(2)11-20-19(26)22-16(23)12-27-18(25)15(9-10-28-3)21-17(24)14-7-5-4-6-8-14/h4-8,13,15H,9-12H2,1-3H3,(H,21,24)(H2,20,22,23,26)/t15-/m0/s1. The van der Waals surface area contributed by atoms with Crippen molar-refractivity contribution in [2.75, 3.05) is 25.2 Å². The van der Waals surface area contributed by atoms with Crippen molar-refractivity contribution in [3.8, 4) is 0 Å². The first kappa shape index (κ1) is 23.5. The molecular formula is C19H27N3O5S. The average molecular weight is 410 g/mol. The Kier molecular flexibility index (Phi) is 10.7. The average Bonchev–Trinajstić information content (AvgIpc) is 2.68. The van der Waals surface area contributed by atoms with E-state index in [1.807, 2.05) is 20.1 Å². The van der Waals surface area contributed by atoms with Gasteiger partial charge in [0, 0.05) is 12.1 Å². The number of nitrogens with one attached hydrogen (secondary N) is 3. The van der Waals surface area contributed by atoms with Crippen molar-refractivity contribution in [3.63, 3.8) is 0 Å². The predicted octanol–water partition coefficient (Wildman–Crippen LogP) is 1.56. The fourth-order valence-corrected chi connectivity index (χ4v) is 2.53. The van der Waals surface area contributed by atoms with Gasteiger partial charge in [0.15, 0.2) is 6.61 Å². The summed E-state index contributed by atoms with van der Waals surface area (Å²) in [4.78, 5) is 47.8. The quantitative estimate of drug-likeness (QED) is 0.506. The van der Waals surface area contributed by atoms with Crippen molar-refractivity contribution in [1.29, 1.82) is 0 Å². The number of imide groups is 1. The summed E-state index contributed by atoms with van der Waals surface area (Å²) in [6, 6.07) is 6.96. The number of esters is 1. The third-order valence-corrected chi connectivity index (χ3v) is 4.15. The fourth-order valence-electron chi connectivity index (χ4n) is 2.06. The molecule has 9 heteroatoms. The molecule has 0 fully saturated rings. The maximum Gasteiger partial charge on any atom is 0.329 e. The second-order valence-corrected chi connectivity index (χ2v) is 7.42. The molecule has 0 radical (unpaired) electrons. The summed E-state index contributed by atoms with van der Waals surface area (Å²) in [5.41, 5.74) is 0.420. The number of carbonyl (C=O) groups is 4. The van der Waals surface area contributed by atoms with E-state index < -0.39 is 36.5 Å². The van der Waals surface area contributed by atoms with E-state index in [9.17, 15) is 19.2 Å². The van der Waals surface area contributed by atoms with Gasteiger partial charge in [-0.15, -0.1) is 0 Å². The van der Waals surface area contributed by atoms with Gasteiger partial charge in [-0.2, -0.15) is 11.8 Å². The first-order valence-corrected chi connectivity index (χ1v) is 10.3. The highest BCUT2D eigenvalue weighted by molar-refractivity contribution is 7.98. The largest absolute Gasteiger partial charge is 0.454 e. The highest BCUT2D eigenvalue weighted by Crippen LogP contribution is 2.05. The smallest absolute Gasteiger partial charge is 0.329 e. The van der Waals surface area contributed by atoms with E-state index in [0.29, 0.717) is 24.3 Å². The number of rotatable bonds is 10. The lowest BCUT2D eigenvalue weighted by atomic mass is 10.1. The van der Waals surface area contributed by atoms with Crippen LogP contribution in [0.15, 0.2) is 30.3 Å². The zero-order valence-electron chi connectivity index (χ0n) is 16.3. The number of benzene rings is 1. The first-order chi connectivity index (χ1) is 13.3. The van der Waals surface area contributed by atoms with Gasteiger partial charge in [-0.3, -0.25) is 14.9 Å². The Bertz CT molecular complexity index is 667. The van der Waals surface area contributed by atoms with Gasteiger partial charge in [0.2, 0.25) is 0 Å². The molecule has 0 saturated heterocycles. The monoisotopic (exact) mass is 409 g/mol. The van der Waals surface area contributed by atoms with Gasteiger partial charge in [0.05, 0.1) is 0 Å². The van der Waals surface area contributed by atoms with Gasteiger partial charge in [-0.25, -0.2) is 9.59 Å². The van der Waals surface area contributed by atoms with Crippen LogP contribution in [0.2, 0.25) is 0 Å². The highest BCUT2D eigenvalue weighted by Gasteiger charge is 2.23. The zero-order valence-corrected chi connectivity index (χ0v) is 17.1. The van der Waals surface area contributed by atoms with E-state index in [0.717, 1.165) is 0 Å². The van der Waals surface area contributed by atoms with Crippen molar-refractivity contribution in [1.82, 2.24) is 16.0 Å². The molecule has 0 unspecified atom stereocenters. The lowest BCUT2D eigenvalue weighted by Gasteiger charge is -2.17. The van der Waals surface area contributed by atoms with Crippen LogP contribution in [0.25, 0.3) is 0 Å². The molecule has 0 aliphatic carbocycles. The number of hydrogen-bond donors (Lipinski definition) is 3. The molecule has 0 aliphatic rings. The number of hydrogen-bond acceptors (Lipinski definition) is 6. The van der Waals surface area contributed by atoms with Crippen LogP contribution in [0.5, 0.6) is 0 Å². The second-order valence-electron chi connectivity index (χ2n) is 6.43. The highest BCUT2D eigenvalue weighted by atomic mass is 32.2. The minimum absolute atomic E-state index is 0.240. The van der Waals surface area contributed by atoms with Crippen LogP contribution in [-0.2, 0) is 14.3 Å². The molecule has 0 bridgehead atoms. The van der Waals surface area contributed by atoms with Crippen LogP contribution >= 0.6 is 11.8 Å². The molecular weight excluding hydrogens is 382 g/mol. The Morgan fingerprint density at radius 1 is 1.11 bits per heavy atom. The van der Waals surface area contributed by atoms with E-state index in [2.05, 4.69) is 16.0 Å². The van der Waals surface area contributed by atoms with E-state index >= 15 is 0 Å². The normalized spacial score (nSPS) is 11.4. The second kappa shape index (κ2) is 12.8. The summed E-state index contributed by atoms with van der Waals surface area (Å²) in [7, 11) is 0. The summed E-state index contributed by atoms with van der Waals surface area (Å²) >= 11 is 1.52. The zero-order chi connectivity index (χ0) is 20.9. The predicted molar refractivity (Wildman–Crippen MR) is 108 cm³/mol. The summed E-state index contributed by atoms with van der Waals surface area (Å²) < 4.78 is 4.97. The Morgan fingerprint density at radius 3 is 2.39 bits per heavy atom. The van der Waals surface area contributed by atoms with Gasteiger partial charge in [0.1, 0.15) is 6.04 Å². The molecule has 0 aromatic heterocycles. The molecule has 0 saturated carbocycles. The lowest BCUT2D eigenvalue weighted by Crippen LogP contribution is -2.45. The van der Waals surface area contributed by atoms with Crippen molar-refractivity contribution in [2.45, 2.75) is 26.3 Å². The van der Waals surface area contributed by atoms with Gasteiger partial charge in [0.25, 0.3) is 11.8 Å². The minimum Gasteiger partial charge on any atom is -0.454 e. The van der Waals surface area contributed by atoms with Gasteiger partial charge in [-0.1, -0.05) is 32.0 Å². The summed E-state index contributed by atoms with van der Waals surface area (Å²) in [6.45, 7) is 3.65. The van der Waals surface area contributed by atoms with Crippen molar-refractivity contribution in [2.24, 2.45) is 5.92 Å². The molecule has 1 rings (SSSR count). The summed E-state index contributed by atoms with van der Waals surface area (Å²) in [6.07, 6.45) is 2.24. The number of urea groups is 1. The number of thioether (sulfide) groups is 1. The van der Waals surface area contributed by atoms with Crippen LogP contribution < -0.4 is 16.0 Å². The van der Waals surface area contributed by atoms with Crippen LogP contribution in [-0.4, -0.2) is 55.0 Å². The molecule has 1 aromatic carbocycles. The Labute approximate surface area is 169 Å². The maximum atomic E-state index is 12.3. The van der Waals surface area contributed by atoms with E-state index in [1.165, 1.54) is 11.8 Å². The maximum absolute atomic E-state index is 12.3. The summed E-state index contributed by atoms with van der Waals surface area (Å²) in [5, 5.41) is 7.23. The molecule has 1 aromatic rings. The van der Waals surface area contributed by atoms with E-state index in [1.54, 1.807) is 30.3 Å². The van der Waals surface area contributed by atoms with Crippen LogP contribution in [0.4, 0.5) is 4.79 Å². The van der Waals surface area contributed by atoms with Crippen LogP contribution in [0.1, 0.15) is 30.6 Å². The van der Waals surface area contributed by atoms with Crippen molar-refractivity contribution < 1.29 is 23.9 Å². The molecule has 0 heterocycles. The third-order valence-electron chi connectivity index (χ3n) is 3.51. The molecule has 3 N–H and O–H groups in total. The Morgan fingerprint density at radius 2 is 1.79 bits per heavy atom. The van der Waals surface area contributed by atoms with Crippen molar-refractivity contribution in [3.05, 3.63) is 35.9 Å². The van der Waals surface area contributed by atoms with Crippen molar-refractivity contribution >= 4 is 35.6 Å². The minimum atomic E-state index is -0.886. The molecule has 0 spiro atoms. The number of carbonyl (C=O) groups excluding carboxylic acids is 4. The molecule has 8 nitrogen and oxygen atoms in total. The topological polar surface area (TPSA) is 114 Å². The Hall–Kier alpha value is -2.55. The molecule has 154 valence electrons. The summed E-state index contributed by atoms with van der Waals surface area (Å²) in [5.74, 6) is -1.01. The van der Waals surface area contributed by atoms with Crippen LogP contribution in [0.3, 0.4) is 0 Å². The third kappa shape index (κ3) is 9.40.